The van der Waals surface area contributed by atoms with Crippen LogP contribution in [0.3, 0.4) is 0 Å². The third-order valence-corrected chi connectivity index (χ3v) is 4.48. The molecule has 3 rings (SSSR count). The van der Waals surface area contributed by atoms with E-state index in [0.717, 1.165) is 42.9 Å². The summed E-state index contributed by atoms with van der Waals surface area (Å²) in [6.07, 6.45) is 6.43. The first kappa shape index (κ1) is 15.9. The molecule has 0 spiro atoms. The van der Waals surface area contributed by atoms with E-state index in [0.29, 0.717) is 5.92 Å². The molecule has 1 aliphatic heterocycles. The van der Waals surface area contributed by atoms with Crippen LogP contribution in [0, 0.1) is 5.82 Å². The number of likely N-dealkylation sites (tertiary alicyclic amines) is 1. The van der Waals surface area contributed by atoms with Gasteiger partial charge in [0.1, 0.15) is 5.82 Å². The second-order valence-corrected chi connectivity index (χ2v) is 6.59. The average Bonchev–Trinajstić information content (AvgIpc) is 3.03. The van der Waals surface area contributed by atoms with Gasteiger partial charge in [0.05, 0.1) is 6.20 Å². The third kappa shape index (κ3) is 3.88. The smallest absolute Gasteiger partial charge is 0.123 e. The van der Waals surface area contributed by atoms with Crippen molar-refractivity contribution in [2.45, 2.75) is 32.6 Å². The van der Waals surface area contributed by atoms with E-state index in [9.17, 15) is 4.39 Å². The molecular weight excluding hydrogens is 289 g/mol. The van der Waals surface area contributed by atoms with E-state index in [4.69, 9.17) is 0 Å². The van der Waals surface area contributed by atoms with Gasteiger partial charge >= 0.3 is 0 Å². The number of aromatic nitrogens is 2. The lowest BCUT2D eigenvalue weighted by molar-refractivity contribution is 0.226. The Morgan fingerprint density at radius 2 is 2.30 bits per heavy atom. The maximum atomic E-state index is 13.5. The summed E-state index contributed by atoms with van der Waals surface area (Å²) < 4.78 is 13.5. The quantitative estimate of drug-likeness (QED) is 0.850. The Bertz CT molecular complexity index is 685. The van der Waals surface area contributed by atoms with E-state index < -0.39 is 0 Å². The van der Waals surface area contributed by atoms with Crippen molar-refractivity contribution >= 4 is 0 Å². The number of hydrogen-bond donors (Lipinski definition) is 1. The lowest BCUT2D eigenvalue weighted by atomic mass is 9.90. The molecule has 0 radical (unpaired) electrons. The number of benzene rings is 1. The van der Waals surface area contributed by atoms with Gasteiger partial charge in [-0.2, -0.15) is 5.10 Å². The van der Waals surface area contributed by atoms with Gasteiger partial charge in [-0.25, -0.2) is 4.39 Å². The molecule has 1 aliphatic rings. The summed E-state index contributed by atoms with van der Waals surface area (Å²) in [6.45, 7) is 7.44. The Kier molecular flexibility index (Phi) is 4.91. The van der Waals surface area contributed by atoms with Crippen LogP contribution in [0.1, 0.15) is 38.3 Å². The predicted octanol–water partition coefficient (Wildman–Crippen LogP) is 4.36. The zero-order valence-corrected chi connectivity index (χ0v) is 13.8. The SMILES string of the molecule is CC(C)=CCN1CCCC(c2[nH]ncc2-c2cccc(F)c2)C1. The number of allylic oxidation sites excluding steroid dienone is 1. The lowest BCUT2D eigenvalue weighted by Gasteiger charge is -2.32. The molecule has 0 amide bonds. The van der Waals surface area contributed by atoms with Crippen LogP contribution in [0.5, 0.6) is 0 Å². The number of nitrogens with zero attached hydrogens (tertiary/aromatic N) is 2. The normalized spacial score (nSPS) is 18.8. The number of nitrogens with one attached hydrogen (secondary N) is 1. The van der Waals surface area contributed by atoms with E-state index in [1.807, 2.05) is 12.3 Å². The summed E-state index contributed by atoms with van der Waals surface area (Å²) in [5, 5.41) is 7.39. The Morgan fingerprint density at radius 3 is 3.09 bits per heavy atom. The Hall–Kier alpha value is -1.94. The summed E-state index contributed by atoms with van der Waals surface area (Å²) in [6, 6.07) is 6.76. The molecule has 1 aromatic heterocycles. The van der Waals surface area contributed by atoms with Crippen molar-refractivity contribution in [3.05, 3.63) is 53.6 Å². The van der Waals surface area contributed by atoms with Crippen LogP contribution in [0.15, 0.2) is 42.1 Å². The van der Waals surface area contributed by atoms with Crippen LogP contribution in [-0.4, -0.2) is 34.7 Å². The van der Waals surface area contributed by atoms with Crippen LogP contribution in [0.25, 0.3) is 11.1 Å². The number of halogens is 1. The van der Waals surface area contributed by atoms with Crippen LogP contribution in [0.4, 0.5) is 4.39 Å². The number of rotatable bonds is 4. The van der Waals surface area contributed by atoms with Gasteiger partial charge < -0.3 is 0 Å². The molecule has 2 aromatic rings. The van der Waals surface area contributed by atoms with Crippen molar-refractivity contribution < 1.29 is 4.39 Å². The van der Waals surface area contributed by atoms with Gasteiger partial charge in [0.15, 0.2) is 0 Å². The maximum absolute atomic E-state index is 13.5. The first-order valence-corrected chi connectivity index (χ1v) is 8.28. The molecule has 3 nitrogen and oxygen atoms in total. The summed E-state index contributed by atoms with van der Waals surface area (Å²) >= 11 is 0. The minimum absolute atomic E-state index is 0.205. The lowest BCUT2D eigenvalue weighted by Crippen LogP contribution is -2.34. The Morgan fingerprint density at radius 1 is 1.43 bits per heavy atom. The molecule has 4 heteroatoms. The van der Waals surface area contributed by atoms with Gasteiger partial charge in [0.2, 0.25) is 0 Å². The Labute approximate surface area is 137 Å². The minimum atomic E-state index is -0.205. The average molecular weight is 313 g/mol. The summed E-state index contributed by atoms with van der Waals surface area (Å²) in [5.74, 6) is 0.221. The van der Waals surface area contributed by atoms with Crippen molar-refractivity contribution in [3.8, 4) is 11.1 Å². The number of hydrogen-bond acceptors (Lipinski definition) is 2. The fourth-order valence-electron chi connectivity index (χ4n) is 3.26. The van der Waals surface area contributed by atoms with Crippen molar-refractivity contribution in [1.82, 2.24) is 15.1 Å². The van der Waals surface area contributed by atoms with Crippen LogP contribution in [0.2, 0.25) is 0 Å². The Balaban J connectivity index is 1.80. The largest absolute Gasteiger partial charge is 0.299 e. The standard InChI is InChI=1S/C19H24FN3/c1-14(2)8-10-23-9-4-6-16(13-23)19-18(12-21-22-19)15-5-3-7-17(20)11-15/h3,5,7-8,11-12,16H,4,6,9-10,13H2,1-2H3,(H,21,22). The number of H-pyrrole nitrogens is 1. The maximum Gasteiger partial charge on any atom is 0.123 e. The summed E-state index contributed by atoms with van der Waals surface area (Å²) in [7, 11) is 0. The van der Waals surface area contributed by atoms with E-state index in [1.54, 1.807) is 12.1 Å². The number of piperidine rings is 1. The van der Waals surface area contributed by atoms with Crippen molar-refractivity contribution in [1.29, 1.82) is 0 Å². The second kappa shape index (κ2) is 7.09. The fourth-order valence-corrected chi connectivity index (χ4v) is 3.26. The van der Waals surface area contributed by atoms with E-state index >= 15 is 0 Å². The molecule has 1 N–H and O–H groups in total. The molecule has 1 unspecified atom stereocenters. The molecule has 1 fully saturated rings. The highest BCUT2D eigenvalue weighted by Gasteiger charge is 2.24. The van der Waals surface area contributed by atoms with E-state index in [2.05, 4.69) is 35.0 Å². The molecule has 23 heavy (non-hydrogen) atoms. The van der Waals surface area contributed by atoms with Gasteiger partial charge in [-0.1, -0.05) is 23.8 Å². The molecule has 0 aliphatic carbocycles. The molecule has 1 atom stereocenters. The highest BCUT2D eigenvalue weighted by atomic mass is 19.1. The zero-order chi connectivity index (χ0) is 16.2. The van der Waals surface area contributed by atoms with Crippen molar-refractivity contribution in [2.24, 2.45) is 0 Å². The van der Waals surface area contributed by atoms with E-state index in [-0.39, 0.29) is 5.82 Å². The monoisotopic (exact) mass is 313 g/mol. The number of aromatic amines is 1. The van der Waals surface area contributed by atoms with Crippen LogP contribution in [-0.2, 0) is 0 Å². The van der Waals surface area contributed by atoms with E-state index in [1.165, 1.54) is 18.1 Å². The first-order valence-electron chi connectivity index (χ1n) is 8.28. The van der Waals surface area contributed by atoms with Gasteiger partial charge in [-0.3, -0.25) is 10.00 Å². The molecular formula is C19H24FN3. The molecule has 2 heterocycles. The minimum Gasteiger partial charge on any atom is -0.299 e. The van der Waals surface area contributed by atoms with Gasteiger partial charge in [0.25, 0.3) is 0 Å². The summed E-state index contributed by atoms with van der Waals surface area (Å²) in [4.78, 5) is 2.48. The summed E-state index contributed by atoms with van der Waals surface area (Å²) in [5.41, 5.74) is 4.42. The topological polar surface area (TPSA) is 31.9 Å². The van der Waals surface area contributed by atoms with Crippen LogP contribution < -0.4 is 0 Å². The van der Waals surface area contributed by atoms with Crippen molar-refractivity contribution in [2.75, 3.05) is 19.6 Å². The van der Waals surface area contributed by atoms with Crippen molar-refractivity contribution in [3.63, 3.8) is 0 Å². The van der Waals surface area contributed by atoms with Gasteiger partial charge in [-0.15, -0.1) is 0 Å². The predicted molar refractivity (Wildman–Crippen MR) is 91.8 cm³/mol. The highest BCUT2D eigenvalue weighted by Crippen LogP contribution is 2.33. The molecule has 0 bridgehead atoms. The third-order valence-electron chi connectivity index (χ3n) is 4.48. The zero-order valence-electron chi connectivity index (χ0n) is 13.8. The first-order chi connectivity index (χ1) is 11.1. The molecule has 0 saturated carbocycles. The second-order valence-electron chi connectivity index (χ2n) is 6.59. The van der Waals surface area contributed by atoms with Gasteiger partial charge in [0, 0.05) is 30.3 Å². The molecule has 1 aromatic carbocycles. The van der Waals surface area contributed by atoms with Crippen LogP contribution >= 0.6 is 0 Å². The highest BCUT2D eigenvalue weighted by molar-refractivity contribution is 5.65. The molecule has 122 valence electrons. The fraction of sp³-hybridized carbons (Fsp3) is 0.421. The molecule has 1 saturated heterocycles. The van der Waals surface area contributed by atoms with Gasteiger partial charge in [-0.05, 0) is 50.9 Å².